The van der Waals surface area contributed by atoms with E-state index in [1.165, 1.54) is 44.9 Å². The van der Waals surface area contributed by atoms with Crippen LogP contribution in [0.2, 0.25) is 0 Å². The molecule has 0 bridgehead atoms. The largest absolute Gasteiger partial charge is 0.525 e. The van der Waals surface area contributed by atoms with Gasteiger partial charge in [0.2, 0.25) is 0 Å². The van der Waals surface area contributed by atoms with E-state index in [1.807, 2.05) is 0 Å². The molecular weight excluding hydrogens is 431 g/mol. The molecule has 1 aliphatic rings. The van der Waals surface area contributed by atoms with Crippen LogP contribution in [0.1, 0.15) is 84.0 Å². The Morgan fingerprint density at radius 1 is 1.03 bits per heavy atom. The summed E-state index contributed by atoms with van der Waals surface area (Å²) in [4.78, 5) is 40.7. The molecular formula is C20H35O10P. The smallest absolute Gasteiger partial charge is 0.505 e. The number of phosphoric ester groups is 1. The fourth-order valence-electron chi connectivity index (χ4n) is 3.19. The fraction of sp³-hybridized carbons (Fsp3) is 0.800. The molecule has 11 heteroatoms. The van der Waals surface area contributed by atoms with Gasteiger partial charge >= 0.3 is 19.8 Å². The third-order valence-electron chi connectivity index (χ3n) is 4.88. The van der Waals surface area contributed by atoms with E-state index >= 15 is 0 Å². The summed E-state index contributed by atoms with van der Waals surface area (Å²) in [6, 6.07) is 0. The van der Waals surface area contributed by atoms with Crippen LogP contribution < -0.4 is 0 Å². The van der Waals surface area contributed by atoms with Crippen LogP contribution in [0.15, 0.2) is 11.5 Å². The summed E-state index contributed by atoms with van der Waals surface area (Å²) >= 11 is 0. The van der Waals surface area contributed by atoms with Crippen molar-refractivity contribution in [3.63, 3.8) is 0 Å². The van der Waals surface area contributed by atoms with Gasteiger partial charge in [-0.25, -0.2) is 9.36 Å². The van der Waals surface area contributed by atoms with Crippen molar-refractivity contribution >= 4 is 19.8 Å². The zero-order valence-corrected chi connectivity index (χ0v) is 18.9. The molecule has 180 valence electrons. The molecule has 0 saturated heterocycles. The Morgan fingerprint density at radius 2 is 1.55 bits per heavy atom. The molecule has 31 heavy (non-hydrogen) atoms. The lowest BCUT2D eigenvalue weighted by atomic mass is 10.1. The Bertz CT molecular complexity index is 642. The minimum atomic E-state index is -5.09. The van der Waals surface area contributed by atoms with Gasteiger partial charge < -0.3 is 24.2 Å². The molecule has 0 fully saturated rings. The minimum absolute atomic E-state index is 0.183. The van der Waals surface area contributed by atoms with Crippen molar-refractivity contribution in [3.8, 4) is 0 Å². The number of phosphoric acid groups is 1. The van der Waals surface area contributed by atoms with Crippen molar-refractivity contribution < 1.29 is 48.2 Å². The van der Waals surface area contributed by atoms with E-state index in [2.05, 4.69) is 16.2 Å². The van der Waals surface area contributed by atoms with Crippen LogP contribution in [0.25, 0.3) is 0 Å². The molecule has 10 nitrogen and oxygen atoms in total. The summed E-state index contributed by atoms with van der Waals surface area (Å²) in [7, 11) is -5.09. The summed E-state index contributed by atoms with van der Waals surface area (Å²) in [5.41, 5.74) is 0. The van der Waals surface area contributed by atoms with Crippen molar-refractivity contribution in [1.29, 1.82) is 0 Å². The van der Waals surface area contributed by atoms with Crippen molar-refractivity contribution in [2.24, 2.45) is 0 Å². The Kier molecular flexibility index (Phi) is 12.8. The number of carbonyl (C=O) groups is 2. The van der Waals surface area contributed by atoms with Gasteiger partial charge in [0.05, 0.1) is 0 Å². The number of carbonyl (C=O) groups excluding carboxylic acids is 2. The first kappa shape index (κ1) is 27.4. The van der Waals surface area contributed by atoms with E-state index < -0.39 is 50.1 Å². The molecule has 2 atom stereocenters. The number of unbranched alkanes of at least 4 members (excludes halogenated alkanes) is 10. The molecule has 0 aliphatic carbocycles. The Labute approximate surface area is 182 Å². The average Bonchev–Trinajstić information content (AvgIpc) is 2.97. The second-order valence-corrected chi connectivity index (χ2v) is 8.82. The SMILES string of the molecule is CCCCCCCCCCCCCC(=O)OC[C@H](O)[C@H]1OC(=O)C(OP(=O)(O)O)=C1O. The molecule has 0 unspecified atom stereocenters. The lowest BCUT2D eigenvalue weighted by molar-refractivity contribution is -0.154. The summed E-state index contributed by atoms with van der Waals surface area (Å²) in [6.45, 7) is 1.65. The quantitative estimate of drug-likeness (QED) is 0.142. The number of hydrogen-bond donors (Lipinski definition) is 4. The van der Waals surface area contributed by atoms with Gasteiger partial charge in [-0.1, -0.05) is 71.1 Å². The van der Waals surface area contributed by atoms with Gasteiger partial charge in [0.1, 0.15) is 12.7 Å². The van der Waals surface area contributed by atoms with Gasteiger partial charge in [-0.3, -0.25) is 14.6 Å². The number of aliphatic hydroxyl groups excluding tert-OH is 2. The molecule has 1 rings (SSSR count). The second kappa shape index (κ2) is 14.5. The van der Waals surface area contributed by atoms with Crippen molar-refractivity contribution in [2.45, 2.75) is 96.2 Å². The van der Waals surface area contributed by atoms with E-state index in [0.717, 1.165) is 19.3 Å². The molecule has 0 aromatic rings. The molecule has 0 aromatic heterocycles. The lowest BCUT2D eigenvalue weighted by Crippen LogP contribution is -2.33. The zero-order valence-electron chi connectivity index (χ0n) is 18.0. The molecule has 4 N–H and O–H groups in total. The summed E-state index contributed by atoms with van der Waals surface area (Å²) in [6.07, 6.45) is 9.60. The maximum atomic E-state index is 11.8. The van der Waals surface area contributed by atoms with Gasteiger partial charge in [-0.05, 0) is 6.42 Å². The number of aliphatic hydroxyl groups is 2. The van der Waals surface area contributed by atoms with Gasteiger partial charge in [0.15, 0.2) is 11.9 Å². The van der Waals surface area contributed by atoms with Crippen LogP contribution in [-0.2, 0) is 28.2 Å². The number of cyclic esters (lactones) is 1. The molecule has 0 spiro atoms. The van der Waals surface area contributed by atoms with Crippen LogP contribution in [0.4, 0.5) is 0 Å². The third-order valence-corrected chi connectivity index (χ3v) is 5.30. The molecule has 1 aliphatic heterocycles. The number of ether oxygens (including phenoxy) is 2. The van der Waals surface area contributed by atoms with E-state index in [4.69, 9.17) is 14.5 Å². The van der Waals surface area contributed by atoms with Crippen LogP contribution >= 0.6 is 7.82 Å². The van der Waals surface area contributed by atoms with Gasteiger partial charge in [-0.2, -0.15) is 0 Å². The third kappa shape index (κ3) is 11.5. The number of esters is 2. The molecule has 0 saturated carbocycles. The highest BCUT2D eigenvalue weighted by Gasteiger charge is 2.43. The summed E-state index contributed by atoms with van der Waals surface area (Å²) < 4.78 is 24.4. The van der Waals surface area contributed by atoms with E-state index in [-0.39, 0.29) is 6.42 Å². The van der Waals surface area contributed by atoms with E-state index in [9.17, 15) is 24.4 Å². The predicted octanol–water partition coefficient (Wildman–Crippen LogP) is 3.40. The Morgan fingerprint density at radius 3 is 2.06 bits per heavy atom. The highest BCUT2D eigenvalue weighted by Crippen LogP contribution is 2.42. The summed E-state index contributed by atoms with van der Waals surface area (Å²) in [5.74, 6) is -3.92. The number of rotatable bonds is 17. The molecule has 1 heterocycles. The van der Waals surface area contributed by atoms with Gasteiger partial charge in [-0.15, -0.1) is 0 Å². The van der Waals surface area contributed by atoms with E-state index in [0.29, 0.717) is 6.42 Å². The Hall–Kier alpha value is -1.61. The normalized spacial score (nSPS) is 17.5. The average molecular weight is 466 g/mol. The summed E-state index contributed by atoms with van der Waals surface area (Å²) in [5, 5.41) is 19.8. The maximum Gasteiger partial charge on any atom is 0.525 e. The van der Waals surface area contributed by atoms with Gasteiger partial charge in [0, 0.05) is 6.42 Å². The minimum Gasteiger partial charge on any atom is -0.505 e. The topological polar surface area (TPSA) is 160 Å². The predicted molar refractivity (Wildman–Crippen MR) is 111 cm³/mol. The number of hydrogen-bond acceptors (Lipinski definition) is 8. The van der Waals surface area contributed by atoms with Crippen molar-refractivity contribution in [1.82, 2.24) is 0 Å². The van der Waals surface area contributed by atoms with Crippen molar-refractivity contribution in [2.75, 3.05) is 6.61 Å². The molecule has 0 aromatic carbocycles. The lowest BCUT2D eigenvalue weighted by Gasteiger charge is -2.17. The molecule has 0 amide bonds. The monoisotopic (exact) mass is 466 g/mol. The second-order valence-electron chi connectivity index (χ2n) is 7.66. The highest BCUT2D eigenvalue weighted by atomic mass is 31.2. The Balaban J connectivity index is 2.16. The van der Waals surface area contributed by atoms with Crippen LogP contribution in [0.5, 0.6) is 0 Å². The standard InChI is InChI=1S/C20H35O10P/c1-2-3-4-5-6-7-8-9-10-11-12-13-16(22)28-14-15(21)18-17(23)19(20(24)29-18)30-31(25,26)27/h15,18,21,23H,2-14H2,1H3,(H2,25,26,27)/t15-,18+/m0/s1. The van der Waals surface area contributed by atoms with Crippen LogP contribution in [-0.4, -0.2) is 50.8 Å². The zero-order chi connectivity index (χ0) is 23.3. The van der Waals surface area contributed by atoms with Crippen LogP contribution in [0.3, 0.4) is 0 Å². The van der Waals surface area contributed by atoms with Crippen molar-refractivity contribution in [3.05, 3.63) is 11.5 Å². The van der Waals surface area contributed by atoms with Crippen LogP contribution in [0, 0.1) is 0 Å². The maximum absolute atomic E-state index is 11.8. The fourth-order valence-corrected chi connectivity index (χ4v) is 3.60. The first-order valence-corrected chi connectivity index (χ1v) is 12.4. The highest BCUT2D eigenvalue weighted by molar-refractivity contribution is 7.46. The first-order chi connectivity index (χ1) is 14.7. The van der Waals surface area contributed by atoms with E-state index in [1.54, 1.807) is 0 Å². The van der Waals surface area contributed by atoms with Gasteiger partial charge in [0.25, 0.3) is 5.76 Å². The first-order valence-electron chi connectivity index (χ1n) is 10.9. The molecule has 0 radical (unpaired) electrons.